The standard InChI is InChI=1S/C21H21NO3/c1-2-3-5-15-10-13-18-17(14-8-11-16(22)12-9-14)6-4-7-19(18)20(15)21(23)25-24/h4,6-13,24H,2-3,5,22H2,1H3. The molecule has 0 heterocycles. The van der Waals surface area contributed by atoms with E-state index in [0.29, 0.717) is 11.3 Å². The maximum atomic E-state index is 12.2. The van der Waals surface area contributed by atoms with Gasteiger partial charge < -0.3 is 5.73 Å². The van der Waals surface area contributed by atoms with Crippen molar-refractivity contribution in [3.05, 3.63) is 65.7 Å². The maximum Gasteiger partial charge on any atom is 0.373 e. The predicted octanol–water partition coefficient (Wildman–Crippen LogP) is 5.06. The molecule has 25 heavy (non-hydrogen) atoms. The fourth-order valence-corrected chi connectivity index (χ4v) is 3.18. The number of nitrogen functional groups attached to an aromatic ring is 1. The molecule has 3 N–H and O–H groups in total. The van der Waals surface area contributed by atoms with Crippen LogP contribution < -0.4 is 5.73 Å². The van der Waals surface area contributed by atoms with E-state index in [4.69, 9.17) is 11.0 Å². The number of hydrogen-bond donors (Lipinski definition) is 2. The van der Waals surface area contributed by atoms with E-state index in [9.17, 15) is 4.79 Å². The highest BCUT2D eigenvalue weighted by Gasteiger charge is 2.18. The van der Waals surface area contributed by atoms with E-state index < -0.39 is 5.97 Å². The van der Waals surface area contributed by atoms with Gasteiger partial charge in [0.15, 0.2) is 0 Å². The Balaban J connectivity index is 2.23. The Morgan fingerprint density at radius 3 is 2.48 bits per heavy atom. The number of carbonyl (C=O) groups is 1. The molecule has 0 fully saturated rings. The van der Waals surface area contributed by atoms with Crippen molar-refractivity contribution in [3.8, 4) is 11.1 Å². The fraction of sp³-hybridized carbons (Fsp3) is 0.190. The molecule has 3 aromatic carbocycles. The number of rotatable bonds is 5. The third-order valence-corrected chi connectivity index (χ3v) is 4.46. The van der Waals surface area contributed by atoms with E-state index in [1.165, 1.54) is 0 Å². The maximum absolute atomic E-state index is 12.2. The molecular weight excluding hydrogens is 314 g/mol. The molecule has 0 amide bonds. The Labute approximate surface area is 146 Å². The first-order chi connectivity index (χ1) is 12.2. The van der Waals surface area contributed by atoms with E-state index in [1.807, 2.05) is 54.6 Å². The number of unbranched alkanes of at least 4 members (excludes halogenated alkanes) is 1. The van der Waals surface area contributed by atoms with Gasteiger partial charge in [-0.15, -0.1) is 0 Å². The number of nitrogens with two attached hydrogens (primary N) is 1. The zero-order valence-electron chi connectivity index (χ0n) is 14.2. The molecule has 0 aliphatic heterocycles. The monoisotopic (exact) mass is 335 g/mol. The molecule has 0 unspecified atom stereocenters. The van der Waals surface area contributed by atoms with Crippen LogP contribution in [0.2, 0.25) is 0 Å². The van der Waals surface area contributed by atoms with Crippen LogP contribution in [0.5, 0.6) is 0 Å². The van der Waals surface area contributed by atoms with Crippen LogP contribution in [0.25, 0.3) is 21.9 Å². The van der Waals surface area contributed by atoms with Crippen LogP contribution in [-0.2, 0) is 11.3 Å². The average molecular weight is 335 g/mol. The molecule has 4 nitrogen and oxygen atoms in total. The van der Waals surface area contributed by atoms with Crippen molar-refractivity contribution in [1.82, 2.24) is 0 Å². The van der Waals surface area contributed by atoms with Gasteiger partial charge in [-0.05, 0) is 52.4 Å². The molecule has 3 aromatic rings. The van der Waals surface area contributed by atoms with Gasteiger partial charge >= 0.3 is 5.97 Å². The summed E-state index contributed by atoms with van der Waals surface area (Å²) in [5.74, 6) is -0.717. The molecular formula is C21H21NO3. The molecule has 0 saturated carbocycles. The van der Waals surface area contributed by atoms with Gasteiger partial charge in [-0.25, -0.2) is 4.79 Å². The third-order valence-electron chi connectivity index (χ3n) is 4.46. The van der Waals surface area contributed by atoms with Crippen molar-refractivity contribution < 1.29 is 14.9 Å². The van der Waals surface area contributed by atoms with Crippen LogP contribution in [-0.4, -0.2) is 11.2 Å². The van der Waals surface area contributed by atoms with Crippen LogP contribution in [0.15, 0.2) is 54.6 Å². The second-order valence-electron chi connectivity index (χ2n) is 6.10. The third kappa shape index (κ3) is 3.35. The van der Waals surface area contributed by atoms with Crippen LogP contribution >= 0.6 is 0 Å². The summed E-state index contributed by atoms with van der Waals surface area (Å²) in [6.45, 7) is 2.10. The molecule has 4 heteroatoms. The molecule has 0 radical (unpaired) electrons. The Morgan fingerprint density at radius 1 is 1.04 bits per heavy atom. The summed E-state index contributed by atoms with van der Waals surface area (Å²) < 4.78 is 0. The summed E-state index contributed by atoms with van der Waals surface area (Å²) in [7, 11) is 0. The molecule has 0 atom stereocenters. The van der Waals surface area contributed by atoms with Crippen LogP contribution in [0.3, 0.4) is 0 Å². The number of hydrogen-bond acceptors (Lipinski definition) is 4. The summed E-state index contributed by atoms with van der Waals surface area (Å²) in [5.41, 5.74) is 9.83. The zero-order valence-corrected chi connectivity index (χ0v) is 14.2. The topological polar surface area (TPSA) is 72.6 Å². The lowest BCUT2D eigenvalue weighted by Gasteiger charge is -2.13. The molecule has 0 bridgehead atoms. The molecule has 0 aromatic heterocycles. The minimum atomic E-state index is -0.717. The van der Waals surface area contributed by atoms with Gasteiger partial charge in [0.25, 0.3) is 0 Å². The lowest BCUT2D eigenvalue weighted by atomic mass is 9.91. The molecule has 0 saturated heterocycles. The number of carbonyl (C=O) groups excluding carboxylic acids is 1. The lowest BCUT2D eigenvalue weighted by molar-refractivity contribution is -0.182. The highest BCUT2D eigenvalue weighted by atomic mass is 17.1. The first-order valence-corrected chi connectivity index (χ1v) is 8.42. The van der Waals surface area contributed by atoms with Crippen molar-refractivity contribution in [2.45, 2.75) is 26.2 Å². The van der Waals surface area contributed by atoms with Gasteiger partial charge in [0.2, 0.25) is 0 Å². The predicted molar refractivity (Wildman–Crippen MR) is 100 cm³/mol. The Bertz CT molecular complexity index is 901. The first kappa shape index (κ1) is 17.0. The summed E-state index contributed by atoms with van der Waals surface area (Å²) >= 11 is 0. The van der Waals surface area contributed by atoms with Gasteiger partial charge in [-0.3, -0.25) is 4.89 Å². The van der Waals surface area contributed by atoms with Gasteiger partial charge in [0.1, 0.15) is 0 Å². The van der Waals surface area contributed by atoms with Crippen molar-refractivity contribution in [1.29, 1.82) is 0 Å². The summed E-state index contributed by atoms with van der Waals surface area (Å²) in [6, 6.07) is 17.4. The van der Waals surface area contributed by atoms with Crippen LogP contribution in [0.4, 0.5) is 5.69 Å². The molecule has 0 aliphatic rings. The second-order valence-corrected chi connectivity index (χ2v) is 6.10. The fourth-order valence-electron chi connectivity index (χ4n) is 3.18. The minimum absolute atomic E-state index is 0.436. The van der Waals surface area contributed by atoms with E-state index in [0.717, 1.165) is 46.7 Å². The SMILES string of the molecule is CCCCc1ccc2c(-c3ccc(N)cc3)cccc2c1C(=O)OO. The van der Waals surface area contributed by atoms with Crippen molar-refractivity contribution in [2.24, 2.45) is 0 Å². The van der Waals surface area contributed by atoms with Crippen molar-refractivity contribution >= 4 is 22.4 Å². The summed E-state index contributed by atoms with van der Waals surface area (Å²) in [5, 5.41) is 10.7. The quantitative estimate of drug-likeness (QED) is 0.388. The molecule has 3 rings (SSSR count). The normalized spacial score (nSPS) is 10.8. The summed E-state index contributed by atoms with van der Waals surface area (Å²) in [4.78, 5) is 16.3. The first-order valence-electron chi connectivity index (χ1n) is 8.42. The number of benzene rings is 3. The molecule has 128 valence electrons. The van der Waals surface area contributed by atoms with E-state index in [2.05, 4.69) is 11.8 Å². The average Bonchev–Trinajstić information content (AvgIpc) is 2.65. The number of fused-ring (bicyclic) bond motifs is 1. The van der Waals surface area contributed by atoms with E-state index in [-0.39, 0.29) is 0 Å². The summed E-state index contributed by atoms with van der Waals surface area (Å²) in [6.07, 6.45) is 2.76. The van der Waals surface area contributed by atoms with Crippen LogP contribution in [0, 0.1) is 0 Å². The van der Waals surface area contributed by atoms with Gasteiger partial charge in [-0.2, -0.15) is 5.26 Å². The zero-order chi connectivity index (χ0) is 17.8. The van der Waals surface area contributed by atoms with E-state index >= 15 is 0 Å². The molecule has 0 aliphatic carbocycles. The second kappa shape index (κ2) is 7.36. The number of aryl methyl sites for hydroxylation is 1. The highest BCUT2D eigenvalue weighted by molar-refractivity contribution is 6.09. The number of anilines is 1. The van der Waals surface area contributed by atoms with Crippen LogP contribution in [0.1, 0.15) is 35.7 Å². The Morgan fingerprint density at radius 2 is 1.80 bits per heavy atom. The van der Waals surface area contributed by atoms with Gasteiger partial charge in [0.05, 0.1) is 5.56 Å². The smallest absolute Gasteiger partial charge is 0.373 e. The Hall–Kier alpha value is -2.85. The highest BCUT2D eigenvalue weighted by Crippen LogP contribution is 2.33. The largest absolute Gasteiger partial charge is 0.399 e. The molecule has 0 spiro atoms. The van der Waals surface area contributed by atoms with Crippen molar-refractivity contribution in [2.75, 3.05) is 5.73 Å². The lowest BCUT2D eigenvalue weighted by Crippen LogP contribution is -2.07. The van der Waals surface area contributed by atoms with Crippen molar-refractivity contribution in [3.63, 3.8) is 0 Å². The van der Waals surface area contributed by atoms with Gasteiger partial charge in [0, 0.05) is 5.69 Å². The minimum Gasteiger partial charge on any atom is -0.399 e. The Kier molecular flexibility index (Phi) is 5.00. The van der Waals surface area contributed by atoms with Gasteiger partial charge in [-0.1, -0.05) is 55.8 Å². The van der Waals surface area contributed by atoms with E-state index in [1.54, 1.807) is 0 Å².